The number of rotatable bonds is 5. The average molecular weight is 345 g/mol. The van der Waals surface area contributed by atoms with Crippen LogP contribution in [0.3, 0.4) is 0 Å². The number of para-hydroxylation sites is 1. The van der Waals surface area contributed by atoms with Crippen molar-refractivity contribution in [2.24, 2.45) is 0 Å². The minimum absolute atomic E-state index is 0.284. The fourth-order valence-electron chi connectivity index (χ4n) is 2.38. The molecule has 1 heterocycles. The van der Waals surface area contributed by atoms with Crippen LogP contribution >= 0.6 is 11.3 Å². The molecule has 0 spiro atoms. The third-order valence-corrected chi connectivity index (χ3v) is 4.75. The van der Waals surface area contributed by atoms with Crippen molar-refractivity contribution < 1.29 is 14.3 Å². The Bertz CT molecular complexity index is 749. The highest BCUT2D eigenvalue weighted by atomic mass is 32.1. The van der Waals surface area contributed by atoms with E-state index in [2.05, 4.69) is 19.2 Å². The molecule has 5 heteroatoms. The fourth-order valence-corrected chi connectivity index (χ4v) is 3.13. The maximum atomic E-state index is 12.4. The Morgan fingerprint density at radius 2 is 1.79 bits per heavy atom. The lowest BCUT2D eigenvalue weighted by atomic mass is 9.98. The molecule has 1 N–H and O–H groups in total. The first-order valence-corrected chi connectivity index (χ1v) is 8.79. The number of thiophene rings is 1. The summed E-state index contributed by atoms with van der Waals surface area (Å²) in [6.07, 6.45) is -0.862. The van der Waals surface area contributed by atoms with E-state index in [1.807, 2.05) is 38.1 Å². The quantitative estimate of drug-likeness (QED) is 0.801. The van der Waals surface area contributed by atoms with Gasteiger partial charge in [-0.25, -0.2) is 4.79 Å². The van der Waals surface area contributed by atoms with Crippen LogP contribution in [0.2, 0.25) is 0 Å². The van der Waals surface area contributed by atoms with Gasteiger partial charge in [0, 0.05) is 10.6 Å². The van der Waals surface area contributed by atoms with Crippen molar-refractivity contribution in [3.05, 3.63) is 51.2 Å². The lowest BCUT2D eigenvalue weighted by molar-refractivity contribution is -0.123. The van der Waals surface area contributed by atoms with Crippen molar-refractivity contribution in [3.63, 3.8) is 0 Å². The zero-order valence-electron chi connectivity index (χ0n) is 14.7. The molecule has 2 aromatic rings. The number of carbonyl (C=O) groups is 2. The Morgan fingerprint density at radius 3 is 2.38 bits per heavy atom. The van der Waals surface area contributed by atoms with Crippen LogP contribution in [-0.4, -0.2) is 18.0 Å². The predicted molar refractivity (Wildman–Crippen MR) is 97.8 cm³/mol. The Balaban J connectivity index is 2.08. The van der Waals surface area contributed by atoms with E-state index in [0.29, 0.717) is 4.88 Å². The molecule has 1 aromatic carbocycles. The average Bonchev–Trinajstić information content (AvgIpc) is 2.95. The number of aryl methyl sites for hydroxylation is 2. The molecule has 0 bridgehead atoms. The van der Waals surface area contributed by atoms with Gasteiger partial charge in [0.05, 0.1) is 0 Å². The number of ether oxygens (including phenoxy) is 1. The molecule has 0 aliphatic heterocycles. The van der Waals surface area contributed by atoms with Crippen molar-refractivity contribution in [2.45, 2.75) is 46.6 Å². The van der Waals surface area contributed by atoms with Gasteiger partial charge >= 0.3 is 5.97 Å². The monoisotopic (exact) mass is 345 g/mol. The number of hydrogen-bond acceptors (Lipinski definition) is 4. The van der Waals surface area contributed by atoms with Crippen LogP contribution in [0, 0.1) is 13.8 Å². The topological polar surface area (TPSA) is 55.4 Å². The van der Waals surface area contributed by atoms with Crippen LogP contribution in [0.4, 0.5) is 5.69 Å². The molecule has 2 rings (SSSR count). The first-order chi connectivity index (χ1) is 11.3. The molecule has 1 aromatic heterocycles. The Kier molecular flexibility index (Phi) is 5.78. The van der Waals surface area contributed by atoms with Gasteiger partial charge in [0.1, 0.15) is 4.88 Å². The standard InChI is InChI=1S/C19H23NO3S/c1-11(2)15-8-6-7-12(3)17(15)20-18(21)14(5)23-19(22)16-10-9-13(4)24-16/h6-11,14H,1-5H3,(H,20,21)/t14-/m0/s1. The van der Waals surface area contributed by atoms with E-state index in [-0.39, 0.29) is 11.8 Å². The van der Waals surface area contributed by atoms with E-state index in [1.54, 1.807) is 13.0 Å². The minimum Gasteiger partial charge on any atom is -0.448 e. The van der Waals surface area contributed by atoms with Crippen LogP contribution in [0.1, 0.15) is 52.4 Å². The number of amides is 1. The highest BCUT2D eigenvalue weighted by Gasteiger charge is 2.21. The van der Waals surface area contributed by atoms with E-state index in [9.17, 15) is 9.59 Å². The summed E-state index contributed by atoms with van der Waals surface area (Å²) in [4.78, 5) is 26.0. The summed E-state index contributed by atoms with van der Waals surface area (Å²) in [7, 11) is 0. The molecule has 24 heavy (non-hydrogen) atoms. The Labute approximate surface area is 146 Å². The van der Waals surface area contributed by atoms with E-state index < -0.39 is 12.1 Å². The summed E-state index contributed by atoms with van der Waals surface area (Å²) in [5, 5.41) is 2.91. The molecule has 0 aliphatic rings. The van der Waals surface area contributed by atoms with Gasteiger partial charge in [-0.3, -0.25) is 4.79 Å². The second kappa shape index (κ2) is 7.62. The van der Waals surface area contributed by atoms with E-state index >= 15 is 0 Å². The summed E-state index contributed by atoms with van der Waals surface area (Å²) < 4.78 is 5.28. The third kappa shape index (κ3) is 4.23. The van der Waals surface area contributed by atoms with Gasteiger partial charge in [-0.2, -0.15) is 0 Å². The molecule has 128 valence electrons. The van der Waals surface area contributed by atoms with Gasteiger partial charge in [-0.1, -0.05) is 32.0 Å². The van der Waals surface area contributed by atoms with Gasteiger partial charge in [-0.15, -0.1) is 11.3 Å². The molecule has 1 atom stereocenters. The Morgan fingerprint density at radius 1 is 1.08 bits per heavy atom. The molecule has 0 radical (unpaired) electrons. The number of carbonyl (C=O) groups excluding carboxylic acids is 2. The lowest BCUT2D eigenvalue weighted by Gasteiger charge is -2.18. The molecule has 0 saturated heterocycles. The molecule has 0 aliphatic carbocycles. The number of benzene rings is 1. The van der Waals surface area contributed by atoms with Crippen LogP contribution in [-0.2, 0) is 9.53 Å². The molecule has 0 fully saturated rings. The van der Waals surface area contributed by atoms with Crippen molar-refractivity contribution >= 4 is 28.9 Å². The summed E-state index contributed by atoms with van der Waals surface area (Å²) in [6.45, 7) is 9.61. The summed E-state index contributed by atoms with van der Waals surface area (Å²) >= 11 is 1.36. The minimum atomic E-state index is -0.862. The second-order valence-electron chi connectivity index (χ2n) is 6.14. The molecular weight excluding hydrogens is 322 g/mol. The van der Waals surface area contributed by atoms with Gasteiger partial charge in [0.25, 0.3) is 5.91 Å². The van der Waals surface area contributed by atoms with Gasteiger partial charge < -0.3 is 10.1 Å². The molecule has 4 nitrogen and oxygen atoms in total. The molecule has 1 amide bonds. The maximum absolute atomic E-state index is 12.4. The van der Waals surface area contributed by atoms with Gasteiger partial charge in [-0.05, 0) is 49.9 Å². The van der Waals surface area contributed by atoms with Crippen molar-refractivity contribution in [1.29, 1.82) is 0 Å². The van der Waals surface area contributed by atoms with Crippen LogP contribution in [0.5, 0.6) is 0 Å². The summed E-state index contributed by atoms with van der Waals surface area (Å²) in [5.41, 5.74) is 2.85. The normalized spacial score (nSPS) is 12.1. The third-order valence-electron chi connectivity index (χ3n) is 3.77. The fraction of sp³-hybridized carbons (Fsp3) is 0.368. The molecular formula is C19H23NO3S. The number of esters is 1. The number of nitrogens with one attached hydrogen (secondary N) is 1. The van der Waals surface area contributed by atoms with Crippen LogP contribution in [0.25, 0.3) is 0 Å². The maximum Gasteiger partial charge on any atom is 0.349 e. The Hall–Kier alpha value is -2.14. The van der Waals surface area contributed by atoms with E-state index in [1.165, 1.54) is 11.3 Å². The zero-order valence-corrected chi connectivity index (χ0v) is 15.5. The second-order valence-corrected chi connectivity index (χ2v) is 7.43. The van der Waals surface area contributed by atoms with E-state index in [4.69, 9.17) is 4.74 Å². The lowest BCUT2D eigenvalue weighted by Crippen LogP contribution is -2.30. The summed E-state index contributed by atoms with van der Waals surface area (Å²) in [5.74, 6) is -0.510. The van der Waals surface area contributed by atoms with Gasteiger partial charge in [0.2, 0.25) is 0 Å². The number of anilines is 1. The van der Waals surface area contributed by atoms with Crippen molar-refractivity contribution in [2.75, 3.05) is 5.32 Å². The van der Waals surface area contributed by atoms with Crippen molar-refractivity contribution in [1.82, 2.24) is 0 Å². The van der Waals surface area contributed by atoms with Crippen molar-refractivity contribution in [3.8, 4) is 0 Å². The molecule has 0 saturated carbocycles. The highest BCUT2D eigenvalue weighted by molar-refractivity contribution is 7.13. The highest BCUT2D eigenvalue weighted by Crippen LogP contribution is 2.27. The SMILES string of the molecule is Cc1ccc(C(=O)O[C@@H](C)C(=O)Nc2c(C)cccc2C(C)C)s1. The van der Waals surface area contributed by atoms with Gasteiger partial charge in [0.15, 0.2) is 6.10 Å². The zero-order chi connectivity index (χ0) is 17.9. The smallest absolute Gasteiger partial charge is 0.349 e. The predicted octanol–water partition coefficient (Wildman–Crippen LogP) is 4.67. The summed E-state index contributed by atoms with van der Waals surface area (Å²) in [6, 6.07) is 9.49. The van der Waals surface area contributed by atoms with Crippen LogP contribution in [0.15, 0.2) is 30.3 Å². The number of hydrogen-bond donors (Lipinski definition) is 1. The largest absolute Gasteiger partial charge is 0.448 e. The van der Waals surface area contributed by atoms with E-state index in [0.717, 1.165) is 21.7 Å². The molecule has 0 unspecified atom stereocenters. The van der Waals surface area contributed by atoms with Crippen LogP contribution < -0.4 is 5.32 Å². The first kappa shape index (κ1) is 18.2. The first-order valence-electron chi connectivity index (χ1n) is 7.97.